The van der Waals surface area contributed by atoms with E-state index >= 15 is 0 Å². The van der Waals surface area contributed by atoms with Gasteiger partial charge in [-0.1, -0.05) is 6.92 Å². The number of thiophene rings is 1. The highest BCUT2D eigenvalue weighted by Gasteiger charge is 2.37. The summed E-state index contributed by atoms with van der Waals surface area (Å²) in [5.74, 6) is -0.241. The van der Waals surface area contributed by atoms with E-state index in [2.05, 4.69) is 20.2 Å². The van der Waals surface area contributed by atoms with Crippen molar-refractivity contribution in [3.63, 3.8) is 0 Å². The summed E-state index contributed by atoms with van der Waals surface area (Å²) in [6.45, 7) is 3.68. The van der Waals surface area contributed by atoms with E-state index in [4.69, 9.17) is 10.5 Å². The van der Waals surface area contributed by atoms with Crippen molar-refractivity contribution in [2.45, 2.75) is 43.5 Å². The maximum Gasteiger partial charge on any atom is 0.420 e. The number of nitrogens with one attached hydrogen (secondary N) is 1. The lowest BCUT2D eigenvalue weighted by Gasteiger charge is -2.20. The van der Waals surface area contributed by atoms with E-state index < -0.39 is 21.6 Å². The molecular weight excluding hydrogens is 527 g/mol. The van der Waals surface area contributed by atoms with Gasteiger partial charge in [-0.05, 0) is 42.7 Å². The first-order chi connectivity index (χ1) is 17.5. The van der Waals surface area contributed by atoms with Gasteiger partial charge in [0.25, 0.3) is 0 Å². The van der Waals surface area contributed by atoms with Gasteiger partial charge in [0, 0.05) is 41.6 Å². The minimum atomic E-state index is -4.72. The fourth-order valence-corrected chi connectivity index (χ4v) is 7.34. The van der Waals surface area contributed by atoms with Crippen LogP contribution in [0.5, 0.6) is 0 Å². The van der Waals surface area contributed by atoms with Crippen LogP contribution in [0.4, 0.5) is 30.5 Å². The molecule has 1 atom stereocenters. The van der Waals surface area contributed by atoms with Crippen molar-refractivity contribution in [2.75, 3.05) is 35.7 Å². The van der Waals surface area contributed by atoms with Gasteiger partial charge in [-0.3, -0.25) is 0 Å². The summed E-state index contributed by atoms with van der Waals surface area (Å²) in [5, 5.41) is 3.06. The van der Waals surface area contributed by atoms with Gasteiger partial charge >= 0.3 is 6.18 Å². The molecule has 0 saturated carbocycles. The number of sulfone groups is 1. The molecule has 2 aliphatic rings. The molecule has 2 aromatic heterocycles. The Morgan fingerprint density at radius 1 is 1.30 bits per heavy atom. The van der Waals surface area contributed by atoms with Gasteiger partial charge < -0.3 is 20.7 Å². The lowest BCUT2D eigenvalue weighted by atomic mass is 10.1. The smallest absolute Gasteiger partial charge is 0.375 e. The Kier molecular flexibility index (Phi) is 6.90. The number of ether oxygens (including phenoxy) is 1. The molecule has 0 radical (unpaired) electrons. The van der Waals surface area contributed by atoms with Crippen LogP contribution in [0, 0.1) is 0 Å². The molecule has 1 unspecified atom stereocenters. The van der Waals surface area contributed by atoms with Crippen LogP contribution in [0.25, 0.3) is 10.6 Å². The van der Waals surface area contributed by atoms with Crippen LogP contribution in [-0.4, -0.2) is 49.9 Å². The molecule has 2 aliphatic heterocycles. The number of alkyl halides is 3. The standard InChI is InChI=1S/C24H26F3N5O3S2/c1-2-14-9-16(32-6-5-15(28)12-32)3-4-18(14)30-23-29-11-17(24(25,26)27)22(31-23)19-10-21-20(36-19)13-35-7-8-37(21,33)34/h3-4,9-11,15H,2,5-8,12-13,28H2,1H3,(H,29,30,31). The quantitative estimate of drug-likeness (QED) is 0.479. The van der Waals surface area contributed by atoms with Crippen LogP contribution < -0.4 is 16.0 Å². The predicted octanol–water partition coefficient (Wildman–Crippen LogP) is 4.37. The minimum Gasteiger partial charge on any atom is -0.375 e. The van der Waals surface area contributed by atoms with Gasteiger partial charge in [-0.2, -0.15) is 13.2 Å². The number of anilines is 3. The van der Waals surface area contributed by atoms with Crippen LogP contribution in [0.3, 0.4) is 0 Å². The molecule has 4 heterocycles. The minimum absolute atomic E-state index is 0.00302. The number of nitrogens with two attached hydrogens (primary N) is 1. The van der Waals surface area contributed by atoms with Crippen LogP contribution >= 0.6 is 11.3 Å². The zero-order chi connectivity index (χ0) is 26.4. The second-order valence-electron chi connectivity index (χ2n) is 9.04. The van der Waals surface area contributed by atoms with Crippen molar-refractivity contribution in [2.24, 2.45) is 5.73 Å². The third kappa shape index (κ3) is 5.31. The fourth-order valence-electron chi connectivity index (χ4n) is 4.51. The molecule has 37 heavy (non-hydrogen) atoms. The maximum absolute atomic E-state index is 13.9. The Balaban J connectivity index is 1.51. The fraction of sp³-hybridized carbons (Fsp3) is 0.417. The number of benzene rings is 1. The summed E-state index contributed by atoms with van der Waals surface area (Å²) in [4.78, 5) is 10.8. The largest absolute Gasteiger partial charge is 0.420 e. The van der Waals surface area contributed by atoms with Gasteiger partial charge in [-0.15, -0.1) is 11.3 Å². The topological polar surface area (TPSA) is 110 Å². The summed E-state index contributed by atoms with van der Waals surface area (Å²) >= 11 is 0.935. The van der Waals surface area contributed by atoms with E-state index in [0.29, 0.717) is 17.0 Å². The molecule has 0 spiro atoms. The summed E-state index contributed by atoms with van der Waals surface area (Å²) in [7, 11) is -3.66. The molecule has 3 aromatic rings. The number of rotatable bonds is 5. The van der Waals surface area contributed by atoms with Crippen LogP contribution in [0.2, 0.25) is 0 Å². The number of hydrogen-bond donors (Lipinski definition) is 2. The van der Waals surface area contributed by atoms with Crippen molar-refractivity contribution in [3.05, 3.63) is 46.5 Å². The Labute approximate surface area is 216 Å². The Morgan fingerprint density at radius 2 is 2.11 bits per heavy atom. The van der Waals surface area contributed by atoms with Crippen molar-refractivity contribution in [1.29, 1.82) is 0 Å². The lowest BCUT2D eigenvalue weighted by Crippen LogP contribution is -2.26. The number of aromatic nitrogens is 2. The number of hydrogen-bond acceptors (Lipinski definition) is 9. The van der Waals surface area contributed by atoms with Gasteiger partial charge in [-0.25, -0.2) is 18.4 Å². The molecule has 13 heteroatoms. The number of halogens is 3. The van der Waals surface area contributed by atoms with Crippen LogP contribution in [-0.2, 0) is 33.8 Å². The first kappa shape index (κ1) is 25.9. The average Bonchev–Trinajstić information content (AvgIpc) is 3.45. The van der Waals surface area contributed by atoms with Gasteiger partial charge in [0.05, 0.1) is 34.4 Å². The summed E-state index contributed by atoms with van der Waals surface area (Å²) in [6.07, 6.45) is -2.40. The number of nitrogens with zero attached hydrogens (tertiary/aromatic N) is 3. The zero-order valence-corrected chi connectivity index (χ0v) is 21.6. The van der Waals surface area contributed by atoms with Crippen molar-refractivity contribution < 1.29 is 26.3 Å². The molecule has 1 aromatic carbocycles. The van der Waals surface area contributed by atoms with Crippen molar-refractivity contribution >= 4 is 38.5 Å². The summed E-state index contributed by atoms with van der Waals surface area (Å²) < 4.78 is 72.2. The Hall–Kier alpha value is -2.74. The molecule has 0 amide bonds. The summed E-state index contributed by atoms with van der Waals surface area (Å²) in [5.41, 5.74) is 7.29. The SMILES string of the molecule is CCc1cc(N2CCC(N)C2)ccc1Nc1ncc(C(F)(F)F)c(-c2cc3c(s2)COCCS3(=O)=O)n1. The van der Waals surface area contributed by atoms with Crippen molar-refractivity contribution in [3.8, 4) is 10.6 Å². The van der Waals surface area contributed by atoms with E-state index in [1.54, 1.807) is 0 Å². The molecule has 1 saturated heterocycles. The number of fused-ring (bicyclic) bond motifs is 1. The molecule has 0 bridgehead atoms. The molecule has 1 fully saturated rings. The first-order valence-electron chi connectivity index (χ1n) is 11.8. The van der Waals surface area contributed by atoms with Crippen molar-refractivity contribution in [1.82, 2.24) is 9.97 Å². The van der Waals surface area contributed by atoms with E-state index in [1.165, 1.54) is 6.07 Å². The maximum atomic E-state index is 13.9. The predicted molar refractivity (Wildman–Crippen MR) is 136 cm³/mol. The summed E-state index contributed by atoms with van der Waals surface area (Å²) in [6, 6.07) is 7.22. The third-order valence-corrected chi connectivity index (χ3v) is 9.45. The van der Waals surface area contributed by atoms with E-state index in [9.17, 15) is 21.6 Å². The highest BCUT2D eigenvalue weighted by Crippen LogP contribution is 2.42. The Morgan fingerprint density at radius 3 is 2.81 bits per heavy atom. The monoisotopic (exact) mass is 553 g/mol. The Bertz CT molecular complexity index is 1430. The molecule has 5 rings (SSSR count). The zero-order valence-electron chi connectivity index (χ0n) is 20.0. The molecule has 3 N–H and O–H groups in total. The lowest BCUT2D eigenvalue weighted by molar-refractivity contribution is -0.137. The van der Waals surface area contributed by atoms with E-state index in [0.717, 1.165) is 48.3 Å². The van der Waals surface area contributed by atoms with Crippen LogP contribution in [0.1, 0.15) is 29.3 Å². The molecular formula is C24H26F3N5O3S2. The third-order valence-electron chi connectivity index (χ3n) is 6.47. The number of aryl methyl sites for hydroxylation is 1. The van der Waals surface area contributed by atoms with Gasteiger partial charge in [0.1, 0.15) is 5.56 Å². The first-order valence-corrected chi connectivity index (χ1v) is 14.3. The highest BCUT2D eigenvalue weighted by molar-refractivity contribution is 7.91. The van der Waals surface area contributed by atoms with Crippen LogP contribution in [0.15, 0.2) is 35.4 Å². The highest BCUT2D eigenvalue weighted by atomic mass is 32.2. The van der Waals surface area contributed by atoms with E-state index in [-0.39, 0.29) is 46.4 Å². The second-order valence-corrected chi connectivity index (χ2v) is 12.3. The normalized spacial score (nSPS) is 19.5. The van der Waals surface area contributed by atoms with E-state index in [1.807, 2.05) is 25.1 Å². The van der Waals surface area contributed by atoms with Gasteiger partial charge in [0.2, 0.25) is 5.95 Å². The molecule has 0 aliphatic carbocycles. The average molecular weight is 554 g/mol. The molecule has 198 valence electrons. The van der Waals surface area contributed by atoms with Gasteiger partial charge in [0.15, 0.2) is 9.84 Å². The second kappa shape index (κ2) is 9.86. The molecule has 8 nitrogen and oxygen atoms in total.